The van der Waals surface area contributed by atoms with Gasteiger partial charge < -0.3 is 19.9 Å². The summed E-state index contributed by atoms with van der Waals surface area (Å²) >= 11 is 11.9. The van der Waals surface area contributed by atoms with E-state index in [0.29, 0.717) is 59.6 Å². The van der Waals surface area contributed by atoms with E-state index in [-0.39, 0.29) is 11.8 Å². The third-order valence-electron chi connectivity index (χ3n) is 4.88. The molecule has 0 spiro atoms. The van der Waals surface area contributed by atoms with E-state index < -0.39 is 0 Å². The third kappa shape index (κ3) is 6.36. The third-order valence-corrected chi connectivity index (χ3v) is 5.41. The van der Waals surface area contributed by atoms with Crippen LogP contribution in [0, 0.1) is 0 Å². The molecule has 1 aliphatic rings. The monoisotopic (exact) mass is 449 g/mol. The molecule has 1 fully saturated rings. The topological polar surface area (TPSA) is 61.9 Å². The van der Waals surface area contributed by atoms with E-state index in [2.05, 4.69) is 10.2 Å². The van der Waals surface area contributed by atoms with Crippen molar-refractivity contribution in [3.05, 3.63) is 58.1 Å². The standard InChI is InChI=1S/C22H25Cl2N3O3/c1-26-9-11-27(12-10-26)22(29)16-4-2-5-18(14-16)25-21(28)6-3-13-30-20-8-7-17(23)15-19(20)24/h2,4-5,7-8,14-15H,3,6,9-13H2,1H3,(H,25,28). The summed E-state index contributed by atoms with van der Waals surface area (Å²) in [4.78, 5) is 29.0. The molecule has 6 nitrogen and oxygen atoms in total. The van der Waals surface area contributed by atoms with Crippen LogP contribution in [0.25, 0.3) is 0 Å². The molecule has 1 N–H and O–H groups in total. The largest absolute Gasteiger partial charge is 0.492 e. The summed E-state index contributed by atoms with van der Waals surface area (Å²) in [5.41, 5.74) is 1.19. The number of amides is 2. The Morgan fingerprint density at radius 1 is 1.07 bits per heavy atom. The molecule has 0 atom stereocenters. The minimum atomic E-state index is -0.134. The van der Waals surface area contributed by atoms with Gasteiger partial charge in [0, 0.05) is 48.9 Å². The summed E-state index contributed by atoms with van der Waals surface area (Å²) in [6, 6.07) is 12.1. The second kappa shape index (κ2) is 10.7. The number of anilines is 1. The van der Waals surface area contributed by atoms with E-state index in [1.807, 2.05) is 11.9 Å². The van der Waals surface area contributed by atoms with E-state index in [1.165, 1.54) is 0 Å². The molecule has 160 valence electrons. The zero-order valence-corrected chi connectivity index (χ0v) is 18.4. The molecular formula is C22H25Cl2N3O3. The number of carbonyl (C=O) groups excluding carboxylic acids is 2. The highest BCUT2D eigenvalue weighted by molar-refractivity contribution is 6.35. The molecule has 2 amide bonds. The van der Waals surface area contributed by atoms with Gasteiger partial charge in [-0.25, -0.2) is 0 Å². The van der Waals surface area contributed by atoms with Crippen molar-refractivity contribution in [2.75, 3.05) is 45.2 Å². The van der Waals surface area contributed by atoms with Crippen molar-refractivity contribution < 1.29 is 14.3 Å². The van der Waals surface area contributed by atoms with E-state index in [0.717, 1.165) is 13.1 Å². The highest BCUT2D eigenvalue weighted by atomic mass is 35.5. The van der Waals surface area contributed by atoms with Crippen LogP contribution in [-0.2, 0) is 4.79 Å². The first kappa shape index (κ1) is 22.4. The first-order valence-corrected chi connectivity index (χ1v) is 10.6. The number of nitrogens with one attached hydrogen (secondary N) is 1. The molecule has 0 aliphatic carbocycles. The van der Waals surface area contributed by atoms with Gasteiger partial charge in [-0.1, -0.05) is 29.3 Å². The number of nitrogens with zero attached hydrogens (tertiary/aromatic N) is 2. The average Bonchev–Trinajstić information content (AvgIpc) is 2.73. The number of ether oxygens (including phenoxy) is 1. The minimum absolute atomic E-state index is 0.00700. The van der Waals surface area contributed by atoms with E-state index in [1.54, 1.807) is 42.5 Å². The van der Waals surface area contributed by atoms with Gasteiger partial charge in [-0.15, -0.1) is 0 Å². The second-order valence-corrected chi connectivity index (χ2v) is 8.09. The Kier molecular flexibility index (Phi) is 7.96. The van der Waals surface area contributed by atoms with Gasteiger partial charge in [0.1, 0.15) is 5.75 Å². The van der Waals surface area contributed by atoms with Crippen LogP contribution < -0.4 is 10.1 Å². The lowest BCUT2D eigenvalue weighted by atomic mass is 10.1. The summed E-state index contributed by atoms with van der Waals surface area (Å²) in [6.45, 7) is 3.51. The van der Waals surface area contributed by atoms with Crippen LogP contribution in [0.3, 0.4) is 0 Å². The van der Waals surface area contributed by atoms with Crippen molar-refractivity contribution in [3.8, 4) is 5.75 Å². The van der Waals surface area contributed by atoms with Crippen LogP contribution in [0.2, 0.25) is 10.0 Å². The number of piperazine rings is 1. The Labute approximate surface area is 186 Å². The van der Waals surface area contributed by atoms with Crippen LogP contribution in [0.15, 0.2) is 42.5 Å². The number of benzene rings is 2. The van der Waals surface area contributed by atoms with Gasteiger partial charge in [-0.05, 0) is 49.9 Å². The summed E-state index contributed by atoms with van der Waals surface area (Å²) in [5, 5.41) is 3.83. The lowest BCUT2D eigenvalue weighted by Gasteiger charge is -2.32. The number of hydrogen-bond donors (Lipinski definition) is 1. The van der Waals surface area contributed by atoms with Crippen molar-refractivity contribution in [2.24, 2.45) is 0 Å². The molecule has 1 heterocycles. The van der Waals surface area contributed by atoms with Gasteiger partial charge in [0.15, 0.2) is 0 Å². The molecule has 0 aromatic heterocycles. The average molecular weight is 450 g/mol. The number of likely N-dealkylation sites (N-methyl/N-ethyl adjacent to an activating group) is 1. The Morgan fingerprint density at radius 3 is 2.57 bits per heavy atom. The first-order valence-electron chi connectivity index (χ1n) is 9.88. The maximum atomic E-state index is 12.7. The normalized spacial score (nSPS) is 14.4. The molecule has 30 heavy (non-hydrogen) atoms. The molecule has 0 unspecified atom stereocenters. The fourth-order valence-corrected chi connectivity index (χ4v) is 3.62. The SMILES string of the molecule is CN1CCN(C(=O)c2cccc(NC(=O)CCCOc3ccc(Cl)cc3Cl)c2)CC1. The highest BCUT2D eigenvalue weighted by Crippen LogP contribution is 2.27. The summed E-state index contributed by atoms with van der Waals surface area (Å²) in [5.74, 6) is 0.397. The van der Waals surface area contributed by atoms with E-state index in [9.17, 15) is 9.59 Å². The zero-order valence-electron chi connectivity index (χ0n) is 16.9. The summed E-state index contributed by atoms with van der Waals surface area (Å²) in [7, 11) is 2.05. The first-order chi connectivity index (χ1) is 14.4. The molecule has 0 bridgehead atoms. The molecule has 3 rings (SSSR count). The minimum Gasteiger partial charge on any atom is -0.492 e. The smallest absolute Gasteiger partial charge is 0.254 e. The highest BCUT2D eigenvalue weighted by Gasteiger charge is 2.20. The van der Waals surface area contributed by atoms with Crippen LogP contribution in [0.4, 0.5) is 5.69 Å². The van der Waals surface area contributed by atoms with Crippen LogP contribution in [0.1, 0.15) is 23.2 Å². The maximum Gasteiger partial charge on any atom is 0.254 e. The van der Waals surface area contributed by atoms with Gasteiger partial charge in [0.25, 0.3) is 5.91 Å². The number of rotatable bonds is 7. The maximum absolute atomic E-state index is 12.7. The van der Waals surface area contributed by atoms with Crippen molar-refractivity contribution in [3.63, 3.8) is 0 Å². The lowest BCUT2D eigenvalue weighted by molar-refractivity contribution is -0.116. The molecule has 1 aliphatic heterocycles. The lowest BCUT2D eigenvalue weighted by Crippen LogP contribution is -2.47. The predicted octanol–water partition coefficient (Wildman–Crippen LogP) is 4.18. The molecule has 2 aromatic rings. The van der Waals surface area contributed by atoms with Gasteiger partial charge in [-0.2, -0.15) is 0 Å². The number of halogens is 2. The van der Waals surface area contributed by atoms with Crippen molar-refractivity contribution in [1.82, 2.24) is 9.80 Å². The second-order valence-electron chi connectivity index (χ2n) is 7.25. The van der Waals surface area contributed by atoms with E-state index >= 15 is 0 Å². The van der Waals surface area contributed by atoms with Gasteiger partial charge in [-0.3, -0.25) is 9.59 Å². The molecule has 2 aromatic carbocycles. The molecule has 0 saturated carbocycles. The van der Waals surface area contributed by atoms with Crippen LogP contribution in [-0.4, -0.2) is 61.4 Å². The fourth-order valence-electron chi connectivity index (χ4n) is 3.15. The number of hydrogen-bond acceptors (Lipinski definition) is 4. The van der Waals surface area contributed by atoms with Crippen LogP contribution >= 0.6 is 23.2 Å². The predicted molar refractivity (Wildman–Crippen MR) is 120 cm³/mol. The van der Waals surface area contributed by atoms with Crippen LogP contribution in [0.5, 0.6) is 5.75 Å². The van der Waals surface area contributed by atoms with Gasteiger partial charge >= 0.3 is 0 Å². The Balaban J connectivity index is 1.46. The summed E-state index contributed by atoms with van der Waals surface area (Å²) < 4.78 is 5.59. The Bertz CT molecular complexity index is 899. The molecule has 0 radical (unpaired) electrons. The Hall–Kier alpha value is -2.28. The molecule has 8 heteroatoms. The van der Waals surface area contributed by atoms with Crippen molar-refractivity contribution in [2.45, 2.75) is 12.8 Å². The number of carbonyl (C=O) groups is 2. The fraction of sp³-hybridized carbons (Fsp3) is 0.364. The molecule has 1 saturated heterocycles. The Morgan fingerprint density at radius 2 is 1.83 bits per heavy atom. The van der Waals surface area contributed by atoms with Crippen molar-refractivity contribution in [1.29, 1.82) is 0 Å². The zero-order chi connectivity index (χ0) is 21.5. The van der Waals surface area contributed by atoms with Gasteiger partial charge in [0.2, 0.25) is 5.91 Å². The van der Waals surface area contributed by atoms with E-state index in [4.69, 9.17) is 27.9 Å². The van der Waals surface area contributed by atoms with Gasteiger partial charge in [0.05, 0.1) is 11.6 Å². The molecular weight excluding hydrogens is 425 g/mol. The quantitative estimate of drug-likeness (QED) is 0.643. The van der Waals surface area contributed by atoms with Crippen molar-refractivity contribution >= 4 is 40.7 Å². The summed E-state index contributed by atoms with van der Waals surface area (Å²) in [6.07, 6.45) is 0.826.